The maximum absolute atomic E-state index is 13.9. The second-order valence-electron chi connectivity index (χ2n) is 5.75. The fourth-order valence-electron chi connectivity index (χ4n) is 2.54. The molecule has 4 heteroatoms. The fraction of sp³-hybridized carbons (Fsp3) is 0.300. The third-order valence-corrected chi connectivity index (χ3v) is 3.84. The van der Waals surface area contributed by atoms with Gasteiger partial charge in [0.05, 0.1) is 5.56 Å². The van der Waals surface area contributed by atoms with Gasteiger partial charge in [-0.1, -0.05) is 56.5 Å². The molecule has 24 heavy (non-hydrogen) atoms. The number of alkyl halides is 3. The van der Waals surface area contributed by atoms with Gasteiger partial charge in [-0.25, -0.2) is 4.39 Å². The molecule has 0 N–H and O–H groups in total. The molecule has 0 aromatic heterocycles. The first-order valence-electron chi connectivity index (χ1n) is 7.80. The van der Waals surface area contributed by atoms with E-state index in [-0.39, 0.29) is 5.56 Å². The Morgan fingerprint density at radius 3 is 2.17 bits per heavy atom. The van der Waals surface area contributed by atoms with E-state index in [1.54, 1.807) is 6.07 Å². The predicted molar refractivity (Wildman–Crippen MR) is 88.1 cm³/mol. The molecular formula is C20H18F4. The Hall–Kier alpha value is -2.28. The average Bonchev–Trinajstić information content (AvgIpc) is 2.53. The van der Waals surface area contributed by atoms with Crippen molar-refractivity contribution in [2.24, 2.45) is 0 Å². The van der Waals surface area contributed by atoms with E-state index in [1.807, 2.05) is 30.2 Å². The molecule has 0 aliphatic carbocycles. The standard InChI is InChI=1S/C20H18F4/c1-3-4-14(2)15-5-7-16(8-6-15)18-10-9-17(19(21)13-18)11-12-20(22,23)24/h5-10,13-14H,3-4H2,1-2H3. The third-order valence-electron chi connectivity index (χ3n) is 3.84. The molecule has 2 rings (SSSR count). The lowest BCUT2D eigenvalue weighted by atomic mass is 9.94. The van der Waals surface area contributed by atoms with Gasteiger partial charge in [-0.3, -0.25) is 0 Å². The molecule has 1 atom stereocenters. The van der Waals surface area contributed by atoms with Crippen molar-refractivity contribution in [1.29, 1.82) is 0 Å². The van der Waals surface area contributed by atoms with Gasteiger partial charge in [0.1, 0.15) is 5.82 Å². The summed E-state index contributed by atoms with van der Waals surface area (Å²) in [5, 5.41) is 0. The fourth-order valence-corrected chi connectivity index (χ4v) is 2.54. The number of halogens is 4. The molecule has 0 aliphatic heterocycles. The molecule has 0 saturated carbocycles. The van der Waals surface area contributed by atoms with Crippen molar-refractivity contribution < 1.29 is 17.6 Å². The summed E-state index contributed by atoms with van der Waals surface area (Å²) in [4.78, 5) is 0. The Morgan fingerprint density at radius 1 is 1.00 bits per heavy atom. The topological polar surface area (TPSA) is 0 Å². The van der Waals surface area contributed by atoms with Gasteiger partial charge in [-0.05, 0) is 41.2 Å². The number of hydrogen-bond acceptors (Lipinski definition) is 0. The monoisotopic (exact) mass is 334 g/mol. The quantitative estimate of drug-likeness (QED) is 0.454. The second kappa shape index (κ2) is 7.53. The number of rotatable bonds is 4. The van der Waals surface area contributed by atoms with Crippen molar-refractivity contribution >= 4 is 0 Å². The van der Waals surface area contributed by atoms with Crippen LogP contribution in [0.3, 0.4) is 0 Å². The Morgan fingerprint density at radius 2 is 1.62 bits per heavy atom. The molecular weight excluding hydrogens is 316 g/mol. The summed E-state index contributed by atoms with van der Waals surface area (Å²) >= 11 is 0. The minimum atomic E-state index is -4.63. The highest BCUT2D eigenvalue weighted by Gasteiger charge is 2.23. The molecule has 126 valence electrons. The molecule has 0 radical (unpaired) electrons. The number of benzene rings is 2. The molecule has 0 heterocycles. The SMILES string of the molecule is CCCC(C)c1ccc(-c2ccc(C#CC(F)(F)F)c(F)c2)cc1. The minimum Gasteiger partial charge on any atom is -0.206 e. The van der Waals surface area contributed by atoms with Crippen LogP contribution >= 0.6 is 0 Å². The van der Waals surface area contributed by atoms with Crippen LogP contribution in [-0.2, 0) is 0 Å². The Bertz CT molecular complexity index is 746. The van der Waals surface area contributed by atoms with E-state index in [4.69, 9.17) is 0 Å². The van der Waals surface area contributed by atoms with Gasteiger partial charge in [0.2, 0.25) is 0 Å². The molecule has 0 amide bonds. The Kier molecular flexibility index (Phi) is 5.66. The van der Waals surface area contributed by atoms with Gasteiger partial charge in [0.15, 0.2) is 0 Å². The van der Waals surface area contributed by atoms with Gasteiger partial charge < -0.3 is 0 Å². The van der Waals surface area contributed by atoms with Gasteiger partial charge in [0, 0.05) is 5.92 Å². The highest BCUT2D eigenvalue weighted by Crippen LogP contribution is 2.26. The molecule has 0 spiro atoms. The second-order valence-corrected chi connectivity index (χ2v) is 5.75. The van der Waals surface area contributed by atoms with E-state index in [0.717, 1.165) is 24.3 Å². The molecule has 2 aromatic rings. The highest BCUT2D eigenvalue weighted by molar-refractivity contribution is 5.65. The number of hydrogen-bond donors (Lipinski definition) is 0. The third kappa shape index (κ3) is 4.86. The molecule has 0 aliphatic rings. The zero-order valence-electron chi connectivity index (χ0n) is 13.5. The zero-order valence-corrected chi connectivity index (χ0v) is 13.5. The van der Waals surface area contributed by atoms with E-state index in [2.05, 4.69) is 13.8 Å². The normalized spacial score (nSPS) is 12.4. The van der Waals surface area contributed by atoms with E-state index < -0.39 is 12.0 Å². The first-order valence-corrected chi connectivity index (χ1v) is 7.80. The summed E-state index contributed by atoms with van der Waals surface area (Å²) in [5.41, 5.74) is 2.38. The van der Waals surface area contributed by atoms with Crippen molar-refractivity contribution in [1.82, 2.24) is 0 Å². The predicted octanol–water partition coefficient (Wildman–Crippen LogP) is 6.31. The summed E-state index contributed by atoms with van der Waals surface area (Å²) in [7, 11) is 0. The van der Waals surface area contributed by atoms with Crippen LogP contribution in [0.15, 0.2) is 42.5 Å². The molecule has 0 bridgehead atoms. The van der Waals surface area contributed by atoms with Gasteiger partial charge in [-0.15, -0.1) is 0 Å². The van der Waals surface area contributed by atoms with Crippen LogP contribution in [0.25, 0.3) is 11.1 Å². The molecule has 0 fully saturated rings. The molecule has 0 nitrogen and oxygen atoms in total. The molecule has 2 aromatic carbocycles. The largest absolute Gasteiger partial charge is 0.458 e. The highest BCUT2D eigenvalue weighted by atomic mass is 19.4. The maximum atomic E-state index is 13.9. The van der Waals surface area contributed by atoms with Crippen LogP contribution in [0.4, 0.5) is 17.6 Å². The van der Waals surface area contributed by atoms with Crippen LogP contribution in [0, 0.1) is 17.7 Å². The van der Waals surface area contributed by atoms with Crippen molar-refractivity contribution in [2.75, 3.05) is 0 Å². The van der Waals surface area contributed by atoms with Gasteiger partial charge in [-0.2, -0.15) is 13.2 Å². The van der Waals surface area contributed by atoms with E-state index in [9.17, 15) is 17.6 Å². The maximum Gasteiger partial charge on any atom is 0.458 e. The van der Waals surface area contributed by atoms with Crippen molar-refractivity contribution in [2.45, 2.75) is 38.8 Å². The average molecular weight is 334 g/mol. The minimum absolute atomic E-state index is 0.260. The van der Waals surface area contributed by atoms with E-state index in [0.29, 0.717) is 11.5 Å². The Balaban J connectivity index is 2.24. The van der Waals surface area contributed by atoms with Crippen LogP contribution < -0.4 is 0 Å². The van der Waals surface area contributed by atoms with E-state index >= 15 is 0 Å². The first kappa shape index (κ1) is 18.1. The smallest absolute Gasteiger partial charge is 0.206 e. The Labute approximate surface area is 139 Å². The lowest BCUT2D eigenvalue weighted by Gasteiger charge is -2.11. The van der Waals surface area contributed by atoms with Crippen molar-refractivity contribution in [3.05, 3.63) is 59.4 Å². The van der Waals surface area contributed by atoms with Crippen molar-refractivity contribution in [3.63, 3.8) is 0 Å². The van der Waals surface area contributed by atoms with Gasteiger partial charge >= 0.3 is 6.18 Å². The van der Waals surface area contributed by atoms with E-state index in [1.165, 1.54) is 17.7 Å². The summed E-state index contributed by atoms with van der Waals surface area (Å²) in [6.45, 7) is 4.29. The van der Waals surface area contributed by atoms with Crippen molar-refractivity contribution in [3.8, 4) is 23.0 Å². The van der Waals surface area contributed by atoms with Gasteiger partial charge in [0.25, 0.3) is 0 Å². The zero-order chi connectivity index (χ0) is 17.7. The lowest BCUT2D eigenvalue weighted by molar-refractivity contribution is -0.0696. The van der Waals surface area contributed by atoms with Crippen LogP contribution in [0.2, 0.25) is 0 Å². The molecule has 1 unspecified atom stereocenters. The molecule has 0 saturated heterocycles. The first-order chi connectivity index (χ1) is 11.3. The van der Waals surface area contributed by atoms with Crippen LogP contribution in [-0.4, -0.2) is 6.18 Å². The summed E-state index contributed by atoms with van der Waals surface area (Å²) in [5.74, 6) is 2.60. The van der Waals surface area contributed by atoms with Crippen LogP contribution in [0.1, 0.15) is 43.7 Å². The lowest BCUT2D eigenvalue weighted by Crippen LogP contribution is -2.01. The summed E-state index contributed by atoms with van der Waals surface area (Å²) in [6, 6.07) is 11.9. The summed E-state index contributed by atoms with van der Waals surface area (Å²) < 4.78 is 50.2. The summed E-state index contributed by atoms with van der Waals surface area (Å²) in [6.07, 6.45) is -2.43. The van der Waals surface area contributed by atoms with Crippen LogP contribution in [0.5, 0.6) is 0 Å².